The van der Waals surface area contributed by atoms with Crippen LogP contribution < -0.4 is 5.32 Å². The summed E-state index contributed by atoms with van der Waals surface area (Å²) in [5, 5.41) is 4.08. The molecule has 0 bridgehead atoms. The second kappa shape index (κ2) is 6.87. The summed E-state index contributed by atoms with van der Waals surface area (Å²) in [5.74, 6) is 0.376. The van der Waals surface area contributed by atoms with E-state index in [1.807, 2.05) is 31.4 Å². The van der Waals surface area contributed by atoms with Crippen molar-refractivity contribution in [1.29, 1.82) is 0 Å². The highest BCUT2D eigenvalue weighted by molar-refractivity contribution is 6.30. The van der Waals surface area contributed by atoms with Crippen molar-refractivity contribution in [2.45, 2.75) is 26.2 Å². The van der Waals surface area contributed by atoms with Crippen molar-refractivity contribution < 1.29 is 0 Å². The molecule has 106 valence electrons. The molecule has 0 aliphatic rings. The normalized spacial score (nSPS) is 12.4. The first-order chi connectivity index (χ1) is 9.61. The lowest BCUT2D eigenvalue weighted by Gasteiger charge is -2.19. The van der Waals surface area contributed by atoms with Crippen LogP contribution in [0.1, 0.15) is 28.3 Å². The van der Waals surface area contributed by atoms with Crippen molar-refractivity contribution in [2.75, 3.05) is 13.6 Å². The van der Waals surface area contributed by atoms with E-state index in [1.165, 1.54) is 22.4 Å². The molecule has 2 rings (SSSR count). The van der Waals surface area contributed by atoms with E-state index in [4.69, 9.17) is 11.6 Å². The Hall–Kier alpha value is -1.38. The van der Waals surface area contributed by atoms with Crippen LogP contribution in [0.5, 0.6) is 0 Å². The van der Waals surface area contributed by atoms with Gasteiger partial charge in [0, 0.05) is 29.4 Å². The molecular formula is C17H21ClN2. The monoisotopic (exact) mass is 288 g/mol. The number of rotatable bonds is 5. The Morgan fingerprint density at radius 2 is 2.00 bits per heavy atom. The molecule has 1 atom stereocenters. The van der Waals surface area contributed by atoms with Crippen LogP contribution in [0.3, 0.4) is 0 Å². The maximum absolute atomic E-state index is 6.03. The summed E-state index contributed by atoms with van der Waals surface area (Å²) in [6.07, 6.45) is 2.85. The minimum Gasteiger partial charge on any atom is -0.319 e. The van der Waals surface area contributed by atoms with Gasteiger partial charge in [0.05, 0.1) is 0 Å². The minimum absolute atomic E-state index is 0.376. The summed E-state index contributed by atoms with van der Waals surface area (Å²) in [4.78, 5) is 4.57. The SMILES string of the molecule is CNC[C@H](Cc1ccc(Cl)cc1C)c1ncccc1C. The third-order valence-corrected chi connectivity index (χ3v) is 3.89. The maximum atomic E-state index is 6.03. The Kier molecular flexibility index (Phi) is 5.16. The fourth-order valence-electron chi connectivity index (χ4n) is 2.59. The number of likely N-dealkylation sites (N-methyl/N-ethyl adjacent to an activating group) is 1. The molecule has 1 aromatic heterocycles. The highest BCUT2D eigenvalue weighted by atomic mass is 35.5. The standard InChI is InChI=1S/C17H21ClN2/c1-12-5-4-8-20-17(12)15(11-19-3)10-14-6-7-16(18)9-13(14)2/h4-9,15,19H,10-11H2,1-3H3/t15-/m0/s1. The zero-order chi connectivity index (χ0) is 14.5. The van der Waals surface area contributed by atoms with Gasteiger partial charge in [-0.05, 0) is 62.2 Å². The molecule has 2 nitrogen and oxygen atoms in total. The van der Waals surface area contributed by atoms with E-state index in [0.717, 1.165) is 18.0 Å². The summed E-state index contributed by atoms with van der Waals surface area (Å²) < 4.78 is 0. The third-order valence-electron chi connectivity index (χ3n) is 3.66. The van der Waals surface area contributed by atoms with E-state index in [2.05, 4.69) is 36.3 Å². The molecule has 0 radical (unpaired) electrons. The molecule has 3 heteroatoms. The van der Waals surface area contributed by atoms with Crippen molar-refractivity contribution >= 4 is 11.6 Å². The number of aryl methyl sites for hydroxylation is 2. The first kappa shape index (κ1) is 15.0. The van der Waals surface area contributed by atoms with Gasteiger partial charge in [-0.3, -0.25) is 4.98 Å². The quantitative estimate of drug-likeness (QED) is 0.903. The average molecular weight is 289 g/mol. The number of hydrogen-bond acceptors (Lipinski definition) is 2. The lowest BCUT2D eigenvalue weighted by molar-refractivity contribution is 0.606. The van der Waals surface area contributed by atoms with Crippen molar-refractivity contribution in [3.05, 3.63) is 63.9 Å². The third kappa shape index (κ3) is 3.59. The van der Waals surface area contributed by atoms with E-state index in [1.54, 1.807) is 0 Å². The van der Waals surface area contributed by atoms with E-state index >= 15 is 0 Å². The molecule has 1 N–H and O–H groups in total. The lowest BCUT2D eigenvalue weighted by Crippen LogP contribution is -2.21. The van der Waals surface area contributed by atoms with Crippen LogP contribution in [0.2, 0.25) is 5.02 Å². The van der Waals surface area contributed by atoms with Gasteiger partial charge in [0.2, 0.25) is 0 Å². The Morgan fingerprint density at radius 1 is 1.20 bits per heavy atom. The largest absolute Gasteiger partial charge is 0.319 e. The highest BCUT2D eigenvalue weighted by Crippen LogP contribution is 2.24. The topological polar surface area (TPSA) is 24.9 Å². The predicted molar refractivity (Wildman–Crippen MR) is 85.5 cm³/mol. The number of nitrogens with one attached hydrogen (secondary N) is 1. The van der Waals surface area contributed by atoms with Crippen molar-refractivity contribution in [2.24, 2.45) is 0 Å². The number of benzene rings is 1. The number of hydrogen-bond donors (Lipinski definition) is 1. The van der Waals surface area contributed by atoms with Gasteiger partial charge in [0.25, 0.3) is 0 Å². The van der Waals surface area contributed by atoms with E-state index in [-0.39, 0.29) is 0 Å². The highest BCUT2D eigenvalue weighted by Gasteiger charge is 2.16. The van der Waals surface area contributed by atoms with Gasteiger partial charge in [0.15, 0.2) is 0 Å². The molecular weight excluding hydrogens is 268 g/mol. The smallest absolute Gasteiger partial charge is 0.0479 e. The second-order valence-electron chi connectivity index (χ2n) is 5.24. The Labute approximate surface area is 126 Å². The zero-order valence-electron chi connectivity index (χ0n) is 12.3. The number of halogens is 1. The van der Waals surface area contributed by atoms with Gasteiger partial charge >= 0.3 is 0 Å². The van der Waals surface area contributed by atoms with E-state index < -0.39 is 0 Å². The number of nitrogens with zero attached hydrogens (tertiary/aromatic N) is 1. The predicted octanol–water partition coefficient (Wildman–Crippen LogP) is 3.90. The lowest BCUT2D eigenvalue weighted by atomic mass is 9.91. The summed E-state index contributed by atoms with van der Waals surface area (Å²) in [6, 6.07) is 10.2. The van der Waals surface area contributed by atoms with Gasteiger partial charge in [-0.1, -0.05) is 23.7 Å². The van der Waals surface area contributed by atoms with Gasteiger partial charge in [-0.25, -0.2) is 0 Å². The van der Waals surface area contributed by atoms with Crippen molar-refractivity contribution in [3.63, 3.8) is 0 Å². The Balaban J connectivity index is 2.28. The van der Waals surface area contributed by atoms with Gasteiger partial charge < -0.3 is 5.32 Å². The fourth-order valence-corrected chi connectivity index (χ4v) is 2.82. The molecule has 0 fully saturated rings. The zero-order valence-corrected chi connectivity index (χ0v) is 13.0. The molecule has 20 heavy (non-hydrogen) atoms. The molecule has 0 saturated carbocycles. The van der Waals surface area contributed by atoms with Crippen LogP contribution in [0.25, 0.3) is 0 Å². The molecule has 0 unspecified atom stereocenters. The molecule has 0 saturated heterocycles. The van der Waals surface area contributed by atoms with Crippen LogP contribution in [-0.4, -0.2) is 18.6 Å². The first-order valence-corrected chi connectivity index (χ1v) is 7.30. The average Bonchev–Trinajstić information content (AvgIpc) is 2.42. The van der Waals surface area contributed by atoms with E-state index in [9.17, 15) is 0 Å². The van der Waals surface area contributed by atoms with Crippen LogP contribution in [-0.2, 0) is 6.42 Å². The summed E-state index contributed by atoms with van der Waals surface area (Å²) in [5.41, 5.74) is 5.00. The molecule has 2 aromatic rings. The molecule has 1 aromatic carbocycles. The number of pyridine rings is 1. The fraction of sp³-hybridized carbons (Fsp3) is 0.353. The van der Waals surface area contributed by atoms with Gasteiger partial charge in [-0.2, -0.15) is 0 Å². The van der Waals surface area contributed by atoms with Crippen molar-refractivity contribution in [1.82, 2.24) is 10.3 Å². The Bertz CT molecular complexity index is 581. The molecule has 0 aliphatic carbocycles. The van der Waals surface area contributed by atoms with Crippen LogP contribution in [0.15, 0.2) is 36.5 Å². The molecule has 0 amide bonds. The number of aromatic nitrogens is 1. The van der Waals surface area contributed by atoms with Crippen LogP contribution in [0, 0.1) is 13.8 Å². The second-order valence-corrected chi connectivity index (χ2v) is 5.67. The van der Waals surface area contributed by atoms with Gasteiger partial charge in [-0.15, -0.1) is 0 Å². The summed E-state index contributed by atoms with van der Waals surface area (Å²) in [6.45, 7) is 5.16. The summed E-state index contributed by atoms with van der Waals surface area (Å²) >= 11 is 6.03. The van der Waals surface area contributed by atoms with Crippen LogP contribution in [0.4, 0.5) is 0 Å². The van der Waals surface area contributed by atoms with Crippen molar-refractivity contribution in [3.8, 4) is 0 Å². The molecule has 0 aliphatic heterocycles. The Morgan fingerprint density at radius 3 is 2.65 bits per heavy atom. The molecule has 0 spiro atoms. The summed E-state index contributed by atoms with van der Waals surface area (Å²) in [7, 11) is 1.99. The maximum Gasteiger partial charge on any atom is 0.0479 e. The minimum atomic E-state index is 0.376. The first-order valence-electron chi connectivity index (χ1n) is 6.93. The molecule has 1 heterocycles. The van der Waals surface area contributed by atoms with Crippen LogP contribution >= 0.6 is 11.6 Å². The van der Waals surface area contributed by atoms with E-state index in [0.29, 0.717) is 5.92 Å². The van der Waals surface area contributed by atoms with Gasteiger partial charge in [0.1, 0.15) is 0 Å².